The number of aryl methyl sites for hydroxylation is 1. The molecule has 0 amide bonds. The molecule has 5 nitrogen and oxygen atoms in total. The van der Waals surface area contributed by atoms with E-state index < -0.39 is 10.2 Å². The SMILES string of the molecule is Cc1cnc([C@@H]2CCCN(S(=O)(=O)N(C)C)C2)s1. The molecule has 1 fully saturated rings. The molecule has 0 unspecified atom stereocenters. The van der Waals surface area contributed by atoms with Crippen LogP contribution in [0.15, 0.2) is 6.20 Å². The molecule has 0 N–H and O–H groups in total. The standard InChI is InChI=1S/C11H19N3O2S2/c1-9-7-12-11(17-9)10-5-4-6-14(8-10)18(15,16)13(2)3/h7,10H,4-6,8H2,1-3H3/t10-/m1/s1. The molecule has 1 aliphatic rings. The van der Waals surface area contributed by atoms with Crippen molar-refractivity contribution < 1.29 is 8.42 Å². The van der Waals surface area contributed by atoms with Crippen LogP contribution in [0, 0.1) is 6.92 Å². The van der Waals surface area contributed by atoms with Gasteiger partial charge in [-0.25, -0.2) is 4.98 Å². The van der Waals surface area contributed by atoms with Gasteiger partial charge in [-0.3, -0.25) is 0 Å². The molecular weight excluding hydrogens is 270 g/mol. The van der Waals surface area contributed by atoms with Gasteiger partial charge in [-0.1, -0.05) is 0 Å². The molecule has 2 heterocycles. The summed E-state index contributed by atoms with van der Waals surface area (Å²) in [5, 5.41) is 1.06. The lowest BCUT2D eigenvalue weighted by Gasteiger charge is -2.32. The van der Waals surface area contributed by atoms with Crippen molar-refractivity contribution in [2.45, 2.75) is 25.7 Å². The van der Waals surface area contributed by atoms with Crippen LogP contribution in [-0.2, 0) is 10.2 Å². The van der Waals surface area contributed by atoms with Crippen LogP contribution in [0.1, 0.15) is 28.6 Å². The fraction of sp³-hybridized carbons (Fsp3) is 0.727. The van der Waals surface area contributed by atoms with Crippen molar-refractivity contribution in [3.63, 3.8) is 0 Å². The summed E-state index contributed by atoms with van der Waals surface area (Å²) in [7, 11) is -0.139. The first-order valence-corrected chi connectivity index (χ1v) is 8.22. The minimum absolute atomic E-state index is 0.243. The molecule has 0 spiro atoms. The molecule has 1 atom stereocenters. The van der Waals surface area contributed by atoms with Crippen LogP contribution in [0.2, 0.25) is 0 Å². The van der Waals surface area contributed by atoms with Gasteiger partial charge in [0.05, 0.1) is 5.01 Å². The predicted octanol–water partition coefficient (Wildman–Crippen LogP) is 1.44. The highest BCUT2D eigenvalue weighted by atomic mass is 32.2. The molecule has 1 saturated heterocycles. The first-order chi connectivity index (χ1) is 8.41. The number of rotatable bonds is 3. The number of hydrogen-bond donors (Lipinski definition) is 0. The van der Waals surface area contributed by atoms with E-state index in [0.29, 0.717) is 13.1 Å². The van der Waals surface area contributed by atoms with Crippen LogP contribution in [0.4, 0.5) is 0 Å². The molecule has 2 rings (SSSR count). The summed E-state index contributed by atoms with van der Waals surface area (Å²) >= 11 is 1.67. The fourth-order valence-electron chi connectivity index (χ4n) is 2.15. The zero-order valence-corrected chi connectivity index (χ0v) is 12.6. The van der Waals surface area contributed by atoms with E-state index in [1.165, 1.54) is 9.18 Å². The van der Waals surface area contributed by atoms with Crippen molar-refractivity contribution in [1.29, 1.82) is 0 Å². The Morgan fingerprint density at radius 2 is 2.22 bits per heavy atom. The number of thiazole rings is 1. The summed E-state index contributed by atoms with van der Waals surface area (Å²) in [6, 6.07) is 0. The lowest BCUT2D eigenvalue weighted by Crippen LogP contribution is -2.44. The summed E-state index contributed by atoms with van der Waals surface area (Å²) in [6.45, 7) is 3.19. The van der Waals surface area contributed by atoms with Gasteiger partial charge in [0.1, 0.15) is 0 Å². The fourth-order valence-corrected chi connectivity index (χ4v) is 4.24. The van der Waals surface area contributed by atoms with Gasteiger partial charge in [0.25, 0.3) is 10.2 Å². The Morgan fingerprint density at radius 3 is 2.78 bits per heavy atom. The second-order valence-electron chi connectivity index (χ2n) is 4.80. The van der Waals surface area contributed by atoms with Crippen molar-refractivity contribution in [3.8, 4) is 0 Å². The zero-order chi connectivity index (χ0) is 13.3. The molecule has 0 bridgehead atoms. The molecule has 0 saturated carbocycles. The van der Waals surface area contributed by atoms with Crippen LogP contribution in [0.25, 0.3) is 0 Å². The minimum atomic E-state index is -3.29. The summed E-state index contributed by atoms with van der Waals surface area (Å²) in [6.07, 6.45) is 3.78. The first kappa shape index (κ1) is 13.9. The van der Waals surface area contributed by atoms with Gasteiger partial charge in [-0.05, 0) is 19.8 Å². The smallest absolute Gasteiger partial charge is 0.249 e. The summed E-state index contributed by atoms with van der Waals surface area (Å²) in [5.74, 6) is 0.243. The molecule has 7 heteroatoms. The maximum Gasteiger partial charge on any atom is 0.281 e. The van der Waals surface area contributed by atoms with Gasteiger partial charge >= 0.3 is 0 Å². The van der Waals surface area contributed by atoms with E-state index in [-0.39, 0.29) is 5.92 Å². The zero-order valence-electron chi connectivity index (χ0n) is 11.0. The van der Waals surface area contributed by atoms with Crippen LogP contribution >= 0.6 is 11.3 Å². The van der Waals surface area contributed by atoms with Crippen LogP contribution in [0.3, 0.4) is 0 Å². The Labute approximate surface area is 113 Å². The third-order valence-corrected chi connectivity index (χ3v) is 6.14. The molecular formula is C11H19N3O2S2. The Kier molecular flexibility index (Phi) is 4.05. The van der Waals surface area contributed by atoms with Crippen LogP contribution in [0.5, 0.6) is 0 Å². The second-order valence-corrected chi connectivity index (χ2v) is 8.21. The largest absolute Gasteiger partial charge is 0.281 e. The Hall–Kier alpha value is -0.500. The van der Waals surface area contributed by atoms with Gasteiger partial charge in [0.15, 0.2) is 0 Å². The van der Waals surface area contributed by atoms with Crippen LogP contribution in [-0.4, -0.2) is 49.2 Å². The number of piperidine rings is 1. The molecule has 0 aromatic carbocycles. The summed E-state index contributed by atoms with van der Waals surface area (Å²) in [5.41, 5.74) is 0. The first-order valence-electron chi connectivity index (χ1n) is 6.01. The van der Waals surface area contributed by atoms with Gasteiger partial charge in [-0.2, -0.15) is 17.0 Å². The third kappa shape index (κ3) is 2.74. The van der Waals surface area contributed by atoms with E-state index in [1.54, 1.807) is 29.7 Å². The van der Waals surface area contributed by atoms with Crippen molar-refractivity contribution in [3.05, 3.63) is 16.1 Å². The Balaban J connectivity index is 2.14. The van der Waals surface area contributed by atoms with E-state index in [2.05, 4.69) is 4.98 Å². The average Bonchev–Trinajstić information content (AvgIpc) is 2.76. The number of hydrogen-bond acceptors (Lipinski definition) is 4. The summed E-state index contributed by atoms with van der Waals surface area (Å²) < 4.78 is 27.1. The van der Waals surface area contributed by atoms with Gasteiger partial charge < -0.3 is 0 Å². The third-order valence-electron chi connectivity index (χ3n) is 3.16. The topological polar surface area (TPSA) is 53.5 Å². The second kappa shape index (κ2) is 5.24. The molecule has 18 heavy (non-hydrogen) atoms. The maximum atomic E-state index is 12.1. The maximum absolute atomic E-state index is 12.1. The monoisotopic (exact) mass is 289 g/mol. The molecule has 0 aliphatic carbocycles. The highest BCUT2D eigenvalue weighted by Crippen LogP contribution is 2.31. The van der Waals surface area contributed by atoms with E-state index in [4.69, 9.17) is 0 Å². The molecule has 102 valence electrons. The van der Waals surface area contributed by atoms with Crippen molar-refractivity contribution >= 4 is 21.5 Å². The van der Waals surface area contributed by atoms with Crippen molar-refractivity contribution in [1.82, 2.24) is 13.6 Å². The quantitative estimate of drug-likeness (QED) is 0.846. The highest BCUT2D eigenvalue weighted by molar-refractivity contribution is 7.86. The van der Waals surface area contributed by atoms with Crippen molar-refractivity contribution in [2.24, 2.45) is 0 Å². The lowest BCUT2D eigenvalue weighted by atomic mass is 10.0. The molecule has 1 aromatic heterocycles. The van der Waals surface area contributed by atoms with E-state index in [0.717, 1.165) is 17.8 Å². The number of aromatic nitrogens is 1. The van der Waals surface area contributed by atoms with Crippen LogP contribution < -0.4 is 0 Å². The van der Waals surface area contributed by atoms with E-state index in [1.807, 2.05) is 13.1 Å². The van der Waals surface area contributed by atoms with Gasteiger partial charge in [0.2, 0.25) is 0 Å². The molecule has 0 radical (unpaired) electrons. The lowest BCUT2D eigenvalue weighted by molar-refractivity contribution is 0.298. The number of nitrogens with zero attached hydrogens (tertiary/aromatic N) is 3. The van der Waals surface area contributed by atoms with Gasteiger partial charge in [-0.15, -0.1) is 11.3 Å². The van der Waals surface area contributed by atoms with Gasteiger partial charge in [0, 0.05) is 44.2 Å². The average molecular weight is 289 g/mol. The molecule has 1 aromatic rings. The van der Waals surface area contributed by atoms with Crippen molar-refractivity contribution in [2.75, 3.05) is 27.2 Å². The highest BCUT2D eigenvalue weighted by Gasteiger charge is 2.31. The Morgan fingerprint density at radius 1 is 1.50 bits per heavy atom. The normalized spacial score (nSPS) is 22.6. The van der Waals surface area contributed by atoms with E-state index >= 15 is 0 Å². The van der Waals surface area contributed by atoms with E-state index in [9.17, 15) is 8.42 Å². The summed E-state index contributed by atoms with van der Waals surface area (Å²) in [4.78, 5) is 5.56. The molecule has 1 aliphatic heterocycles. The minimum Gasteiger partial charge on any atom is -0.249 e. The Bertz CT molecular complexity index is 510. The predicted molar refractivity (Wildman–Crippen MR) is 73.0 cm³/mol.